The highest BCUT2D eigenvalue weighted by Gasteiger charge is 2.21. The van der Waals surface area contributed by atoms with Crippen molar-refractivity contribution in [1.82, 2.24) is 5.32 Å². The molecule has 0 aliphatic heterocycles. The normalized spacial score (nSPS) is 13.3. The molecule has 1 aliphatic rings. The Kier molecular flexibility index (Phi) is 4.93. The fourth-order valence-corrected chi connectivity index (χ4v) is 4.58. The molecular weight excluding hydrogens is 376 g/mol. The number of rotatable bonds is 5. The maximum absolute atomic E-state index is 12.6. The third-order valence-electron chi connectivity index (χ3n) is 4.90. The third-order valence-corrected chi connectivity index (χ3v) is 6.11. The number of nitro groups is 1. The van der Waals surface area contributed by atoms with Crippen molar-refractivity contribution < 1.29 is 14.8 Å². The highest BCUT2D eigenvalue weighted by atomic mass is 32.1. The predicted octanol–water partition coefficient (Wildman–Crippen LogP) is 3.89. The van der Waals surface area contributed by atoms with E-state index in [4.69, 9.17) is 0 Å². The predicted molar refractivity (Wildman–Crippen MR) is 108 cm³/mol. The summed E-state index contributed by atoms with van der Waals surface area (Å²) in [6.07, 6.45) is 0.960. The number of carbonyl (C=O) groups excluding carboxylic acids is 1. The molecule has 1 aromatic heterocycles. The lowest BCUT2D eigenvalue weighted by Crippen LogP contribution is -2.27. The molecule has 0 unspecified atom stereocenters. The number of aliphatic hydroxyl groups excluding tert-OH is 1. The number of non-ortho nitro benzene ring substituents is 1. The molecule has 4 rings (SSSR count). The van der Waals surface area contributed by atoms with Crippen molar-refractivity contribution in [3.05, 3.63) is 86.3 Å². The van der Waals surface area contributed by atoms with E-state index in [2.05, 4.69) is 17.4 Å². The van der Waals surface area contributed by atoms with Crippen LogP contribution in [0, 0.1) is 10.1 Å². The van der Waals surface area contributed by atoms with Gasteiger partial charge in [-0.25, -0.2) is 0 Å². The molecule has 142 valence electrons. The lowest BCUT2D eigenvalue weighted by Gasteiger charge is -2.15. The molecule has 2 aromatic carbocycles. The first kappa shape index (κ1) is 18.3. The van der Waals surface area contributed by atoms with Crippen LogP contribution in [0.2, 0.25) is 0 Å². The smallest absolute Gasteiger partial charge is 0.269 e. The summed E-state index contributed by atoms with van der Waals surface area (Å²) in [5, 5.41) is 23.7. The standard InChI is InChI=1S/C21H18N2O4S/c24-18(14-7-9-16(10-8-14)23(26)27)12-22-21(25)19-11-15-6-5-13-3-1-2-4-17(13)20(15)28-19/h1-4,7-11,18,24H,5-6,12H2,(H,22,25)/t18-/m1/s1. The molecule has 0 spiro atoms. The summed E-state index contributed by atoms with van der Waals surface area (Å²) < 4.78 is 0. The van der Waals surface area contributed by atoms with E-state index in [1.54, 1.807) is 0 Å². The number of hydrogen-bond donors (Lipinski definition) is 2. The largest absolute Gasteiger partial charge is 0.387 e. The first-order valence-electron chi connectivity index (χ1n) is 8.94. The Bertz CT molecular complexity index is 1040. The van der Waals surface area contributed by atoms with Gasteiger partial charge < -0.3 is 10.4 Å². The number of hydrogen-bond acceptors (Lipinski definition) is 5. The SMILES string of the molecule is O=C(NC[C@@H](O)c1ccc([N+](=O)[O-])cc1)c1cc2c(s1)-c1ccccc1CC2. The van der Waals surface area contributed by atoms with Crippen LogP contribution in [0.15, 0.2) is 54.6 Å². The van der Waals surface area contributed by atoms with Gasteiger partial charge in [0.1, 0.15) is 0 Å². The van der Waals surface area contributed by atoms with Crippen molar-refractivity contribution in [3.63, 3.8) is 0 Å². The second-order valence-electron chi connectivity index (χ2n) is 6.70. The lowest BCUT2D eigenvalue weighted by atomic mass is 9.91. The van der Waals surface area contributed by atoms with Gasteiger partial charge in [0.05, 0.1) is 15.9 Å². The van der Waals surface area contributed by atoms with Gasteiger partial charge in [0.25, 0.3) is 11.6 Å². The highest BCUT2D eigenvalue weighted by molar-refractivity contribution is 7.17. The molecule has 3 aromatic rings. The fraction of sp³-hybridized carbons (Fsp3) is 0.190. The summed E-state index contributed by atoms with van der Waals surface area (Å²) in [6.45, 7) is 0.0375. The van der Waals surface area contributed by atoms with Crippen molar-refractivity contribution >= 4 is 22.9 Å². The Morgan fingerprint density at radius 2 is 1.86 bits per heavy atom. The summed E-state index contributed by atoms with van der Waals surface area (Å²) in [5.41, 5.74) is 4.16. The number of nitrogens with zero attached hydrogens (tertiary/aromatic N) is 1. The minimum Gasteiger partial charge on any atom is -0.387 e. The summed E-state index contributed by atoms with van der Waals surface area (Å²) in [4.78, 5) is 24.5. The van der Waals surface area contributed by atoms with Gasteiger partial charge in [0.2, 0.25) is 0 Å². The van der Waals surface area contributed by atoms with Gasteiger partial charge in [-0.05, 0) is 53.3 Å². The van der Waals surface area contributed by atoms with E-state index in [0.717, 1.165) is 17.7 Å². The number of amides is 1. The van der Waals surface area contributed by atoms with Gasteiger partial charge in [-0.3, -0.25) is 14.9 Å². The van der Waals surface area contributed by atoms with Crippen molar-refractivity contribution in [1.29, 1.82) is 0 Å². The summed E-state index contributed by atoms with van der Waals surface area (Å²) in [7, 11) is 0. The molecule has 1 atom stereocenters. The Morgan fingerprint density at radius 3 is 2.61 bits per heavy atom. The minimum atomic E-state index is -0.930. The molecule has 0 bridgehead atoms. The monoisotopic (exact) mass is 394 g/mol. The van der Waals surface area contributed by atoms with E-state index in [1.807, 2.05) is 18.2 Å². The van der Waals surface area contributed by atoms with E-state index in [0.29, 0.717) is 10.4 Å². The Labute approximate surface area is 165 Å². The van der Waals surface area contributed by atoms with E-state index in [1.165, 1.54) is 52.3 Å². The van der Waals surface area contributed by atoms with Crippen LogP contribution in [0.1, 0.15) is 32.5 Å². The molecule has 0 fully saturated rings. The van der Waals surface area contributed by atoms with Gasteiger partial charge in [-0.1, -0.05) is 24.3 Å². The Morgan fingerprint density at radius 1 is 1.14 bits per heavy atom. The average molecular weight is 394 g/mol. The van der Waals surface area contributed by atoms with E-state index in [9.17, 15) is 20.0 Å². The molecule has 1 heterocycles. The van der Waals surface area contributed by atoms with Gasteiger partial charge >= 0.3 is 0 Å². The second-order valence-corrected chi connectivity index (χ2v) is 7.75. The summed E-state index contributed by atoms with van der Waals surface area (Å²) in [5.74, 6) is -0.224. The van der Waals surface area contributed by atoms with Crippen LogP contribution < -0.4 is 5.32 Å². The topological polar surface area (TPSA) is 92.5 Å². The average Bonchev–Trinajstić information content (AvgIpc) is 3.17. The van der Waals surface area contributed by atoms with Crippen LogP contribution in [-0.4, -0.2) is 22.5 Å². The Hall–Kier alpha value is -3.03. The second kappa shape index (κ2) is 7.53. The van der Waals surface area contributed by atoms with Gasteiger partial charge in [-0.15, -0.1) is 11.3 Å². The van der Waals surface area contributed by atoms with E-state index in [-0.39, 0.29) is 18.1 Å². The number of thiophene rings is 1. The quantitative estimate of drug-likeness (QED) is 0.507. The lowest BCUT2D eigenvalue weighted by molar-refractivity contribution is -0.384. The third kappa shape index (κ3) is 3.54. The van der Waals surface area contributed by atoms with E-state index >= 15 is 0 Å². The molecule has 0 saturated carbocycles. The molecule has 0 radical (unpaired) electrons. The van der Waals surface area contributed by atoms with Crippen LogP contribution in [-0.2, 0) is 12.8 Å². The molecule has 0 saturated heterocycles. The number of nitrogens with one attached hydrogen (secondary N) is 1. The highest BCUT2D eigenvalue weighted by Crippen LogP contribution is 2.39. The molecule has 2 N–H and O–H groups in total. The number of aliphatic hydroxyl groups is 1. The number of carbonyl (C=O) groups is 1. The molecule has 1 amide bonds. The minimum absolute atomic E-state index is 0.0375. The zero-order valence-corrected chi connectivity index (χ0v) is 15.7. The van der Waals surface area contributed by atoms with Crippen LogP contribution in [0.5, 0.6) is 0 Å². The van der Waals surface area contributed by atoms with Crippen molar-refractivity contribution in [3.8, 4) is 10.4 Å². The maximum Gasteiger partial charge on any atom is 0.269 e. The van der Waals surface area contributed by atoms with Crippen molar-refractivity contribution in [2.75, 3.05) is 6.54 Å². The van der Waals surface area contributed by atoms with Gasteiger partial charge in [-0.2, -0.15) is 0 Å². The zero-order chi connectivity index (χ0) is 19.7. The molecular formula is C21H18N2O4S. The van der Waals surface area contributed by atoms with Crippen LogP contribution >= 0.6 is 11.3 Å². The van der Waals surface area contributed by atoms with Gasteiger partial charge in [0, 0.05) is 23.6 Å². The van der Waals surface area contributed by atoms with Crippen LogP contribution in [0.25, 0.3) is 10.4 Å². The van der Waals surface area contributed by atoms with Gasteiger partial charge in [0.15, 0.2) is 0 Å². The molecule has 6 nitrogen and oxygen atoms in total. The van der Waals surface area contributed by atoms with E-state index < -0.39 is 11.0 Å². The van der Waals surface area contributed by atoms with Crippen LogP contribution in [0.4, 0.5) is 5.69 Å². The van der Waals surface area contributed by atoms with Crippen LogP contribution in [0.3, 0.4) is 0 Å². The van der Waals surface area contributed by atoms with Crippen molar-refractivity contribution in [2.45, 2.75) is 18.9 Å². The first-order chi connectivity index (χ1) is 13.5. The number of benzene rings is 2. The maximum atomic E-state index is 12.6. The summed E-state index contributed by atoms with van der Waals surface area (Å²) in [6, 6.07) is 15.9. The molecule has 1 aliphatic carbocycles. The zero-order valence-electron chi connectivity index (χ0n) is 14.9. The number of aryl methyl sites for hydroxylation is 2. The van der Waals surface area contributed by atoms with Crippen molar-refractivity contribution in [2.24, 2.45) is 0 Å². The molecule has 7 heteroatoms. The molecule has 28 heavy (non-hydrogen) atoms. The first-order valence-corrected chi connectivity index (χ1v) is 9.76. The number of fused-ring (bicyclic) bond motifs is 3. The Balaban J connectivity index is 1.44. The summed E-state index contributed by atoms with van der Waals surface area (Å²) >= 11 is 1.47. The number of nitro benzene ring substituents is 1. The fourth-order valence-electron chi connectivity index (χ4n) is 3.40.